The number of rotatable bonds is 5. The Hall–Kier alpha value is -1.36. The lowest BCUT2D eigenvalue weighted by Crippen LogP contribution is -2.17. The van der Waals surface area contributed by atoms with Gasteiger partial charge in [-0.15, -0.1) is 0 Å². The summed E-state index contributed by atoms with van der Waals surface area (Å²) in [5.41, 5.74) is 0.403. The van der Waals surface area contributed by atoms with E-state index in [1.165, 1.54) is 6.07 Å². The van der Waals surface area contributed by atoms with Crippen LogP contribution in [0.25, 0.3) is 0 Å². The molecule has 0 saturated heterocycles. The Morgan fingerprint density at radius 2 is 2.11 bits per heavy atom. The summed E-state index contributed by atoms with van der Waals surface area (Å²) in [6.07, 6.45) is 1.30. The SMILES string of the molecule is CCC(C)CC(=O)Nc1c(Br)cccc1C(=O)O. The zero-order valence-corrected chi connectivity index (χ0v) is 12.0. The summed E-state index contributed by atoms with van der Waals surface area (Å²) in [5, 5.41) is 11.7. The van der Waals surface area contributed by atoms with Crippen molar-refractivity contribution in [2.75, 3.05) is 5.32 Å². The number of carbonyl (C=O) groups is 2. The number of carboxylic acids is 1. The topological polar surface area (TPSA) is 66.4 Å². The second kappa shape index (κ2) is 6.54. The van der Waals surface area contributed by atoms with Crippen LogP contribution in [0.2, 0.25) is 0 Å². The zero-order valence-electron chi connectivity index (χ0n) is 10.4. The number of benzene rings is 1. The van der Waals surface area contributed by atoms with E-state index in [1.54, 1.807) is 12.1 Å². The van der Waals surface area contributed by atoms with Crippen molar-refractivity contribution in [3.05, 3.63) is 28.2 Å². The lowest BCUT2D eigenvalue weighted by molar-refractivity contribution is -0.117. The van der Waals surface area contributed by atoms with Crippen LogP contribution < -0.4 is 5.32 Å². The summed E-state index contributed by atoms with van der Waals surface area (Å²) >= 11 is 3.25. The van der Waals surface area contributed by atoms with E-state index in [9.17, 15) is 9.59 Å². The predicted molar refractivity (Wildman–Crippen MR) is 73.8 cm³/mol. The Bertz CT molecular complexity index is 460. The quantitative estimate of drug-likeness (QED) is 0.874. The van der Waals surface area contributed by atoms with Gasteiger partial charge in [0.15, 0.2) is 0 Å². The van der Waals surface area contributed by atoms with E-state index in [0.29, 0.717) is 16.6 Å². The maximum absolute atomic E-state index is 11.8. The van der Waals surface area contributed by atoms with Gasteiger partial charge >= 0.3 is 5.97 Å². The van der Waals surface area contributed by atoms with Crippen molar-refractivity contribution in [2.45, 2.75) is 26.7 Å². The first-order valence-electron chi connectivity index (χ1n) is 5.77. The van der Waals surface area contributed by atoms with Crippen molar-refractivity contribution in [2.24, 2.45) is 5.92 Å². The number of aromatic carboxylic acids is 1. The fourth-order valence-electron chi connectivity index (χ4n) is 1.48. The molecule has 1 atom stereocenters. The summed E-state index contributed by atoms with van der Waals surface area (Å²) in [5.74, 6) is -0.949. The molecule has 0 saturated carbocycles. The van der Waals surface area contributed by atoms with Gasteiger partial charge in [-0.05, 0) is 34.0 Å². The van der Waals surface area contributed by atoms with Gasteiger partial charge in [0.2, 0.25) is 5.91 Å². The summed E-state index contributed by atoms with van der Waals surface area (Å²) < 4.78 is 0.569. The highest BCUT2D eigenvalue weighted by Gasteiger charge is 2.16. The van der Waals surface area contributed by atoms with Crippen LogP contribution in [0.4, 0.5) is 5.69 Å². The molecule has 0 spiro atoms. The van der Waals surface area contributed by atoms with Crippen LogP contribution in [0.1, 0.15) is 37.0 Å². The molecular formula is C13H16BrNO3. The smallest absolute Gasteiger partial charge is 0.337 e. The maximum atomic E-state index is 11.8. The average Bonchev–Trinajstić information content (AvgIpc) is 2.31. The number of carbonyl (C=O) groups excluding carboxylic acids is 1. The van der Waals surface area contributed by atoms with Crippen LogP contribution in [-0.4, -0.2) is 17.0 Å². The zero-order chi connectivity index (χ0) is 13.7. The fourth-order valence-corrected chi connectivity index (χ4v) is 1.95. The molecule has 0 bridgehead atoms. The second-order valence-corrected chi connectivity index (χ2v) is 5.09. The highest BCUT2D eigenvalue weighted by atomic mass is 79.9. The number of nitrogens with one attached hydrogen (secondary N) is 1. The Kier molecular flexibility index (Phi) is 5.34. The van der Waals surface area contributed by atoms with Gasteiger partial charge in [0.05, 0.1) is 11.3 Å². The molecule has 0 aliphatic rings. The molecule has 0 aliphatic carbocycles. The molecule has 2 N–H and O–H groups in total. The van der Waals surface area contributed by atoms with E-state index in [2.05, 4.69) is 21.2 Å². The van der Waals surface area contributed by atoms with Crippen molar-refractivity contribution in [1.29, 1.82) is 0 Å². The highest BCUT2D eigenvalue weighted by Crippen LogP contribution is 2.27. The average molecular weight is 314 g/mol. The summed E-state index contributed by atoms with van der Waals surface area (Å²) in [4.78, 5) is 22.8. The maximum Gasteiger partial charge on any atom is 0.337 e. The third-order valence-electron chi connectivity index (χ3n) is 2.74. The molecule has 1 aromatic rings. The molecule has 98 valence electrons. The van der Waals surface area contributed by atoms with E-state index in [4.69, 9.17) is 5.11 Å². The molecule has 18 heavy (non-hydrogen) atoms. The van der Waals surface area contributed by atoms with Gasteiger partial charge in [0, 0.05) is 10.9 Å². The number of carboxylic acid groups (broad SMARTS) is 1. The molecule has 0 aromatic heterocycles. The van der Waals surface area contributed by atoms with Crippen molar-refractivity contribution >= 4 is 33.5 Å². The van der Waals surface area contributed by atoms with E-state index in [0.717, 1.165) is 6.42 Å². The molecule has 4 nitrogen and oxygen atoms in total. The normalized spacial score (nSPS) is 11.9. The Morgan fingerprint density at radius 3 is 2.67 bits per heavy atom. The van der Waals surface area contributed by atoms with Gasteiger partial charge in [-0.2, -0.15) is 0 Å². The minimum absolute atomic E-state index is 0.0851. The van der Waals surface area contributed by atoms with E-state index < -0.39 is 5.97 Å². The summed E-state index contributed by atoms with van der Waals surface area (Å²) in [6, 6.07) is 4.79. The monoisotopic (exact) mass is 313 g/mol. The number of amides is 1. The van der Waals surface area contributed by atoms with Crippen molar-refractivity contribution < 1.29 is 14.7 Å². The first-order valence-corrected chi connectivity index (χ1v) is 6.56. The van der Waals surface area contributed by atoms with Crippen molar-refractivity contribution in [3.8, 4) is 0 Å². The first kappa shape index (κ1) is 14.7. The highest BCUT2D eigenvalue weighted by molar-refractivity contribution is 9.10. The molecule has 5 heteroatoms. The van der Waals surface area contributed by atoms with Gasteiger partial charge in [-0.3, -0.25) is 4.79 Å². The number of halogens is 1. The summed E-state index contributed by atoms with van der Waals surface area (Å²) in [6.45, 7) is 4.00. The third kappa shape index (κ3) is 3.84. The van der Waals surface area contributed by atoms with Gasteiger partial charge in [-0.25, -0.2) is 4.79 Å². The second-order valence-electron chi connectivity index (χ2n) is 4.23. The number of hydrogen-bond donors (Lipinski definition) is 2. The Balaban J connectivity index is 2.90. The molecule has 1 rings (SSSR count). The summed E-state index contributed by atoms with van der Waals surface area (Å²) in [7, 11) is 0. The lowest BCUT2D eigenvalue weighted by Gasteiger charge is -2.12. The first-order chi connectivity index (χ1) is 8.45. The minimum Gasteiger partial charge on any atom is -0.478 e. The van der Waals surface area contributed by atoms with Crippen LogP contribution in [0.15, 0.2) is 22.7 Å². The van der Waals surface area contributed by atoms with Crippen molar-refractivity contribution in [3.63, 3.8) is 0 Å². The molecule has 0 heterocycles. The molecule has 1 aromatic carbocycles. The van der Waals surface area contributed by atoms with E-state index in [-0.39, 0.29) is 17.4 Å². The number of hydrogen-bond acceptors (Lipinski definition) is 2. The number of para-hydroxylation sites is 1. The van der Waals surface area contributed by atoms with Gasteiger partial charge in [0.25, 0.3) is 0 Å². The standard InChI is InChI=1S/C13H16BrNO3/c1-3-8(2)7-11(16)15-12-9(13(17)18)5-4-6-10(12)14/h4-6,8H,3,7H2,1-2H3,(H,15,16)(H,17,18). The Labute approximate surface area is 115 Å². The van der Waals surface area contributed by atoms with Gasteiger partial charge < -0.3 is 10.4 Å². The van der Waals surface area contributed by atoms with Crippen LogP contribution in [0.3, 0.4) is 0 Å². The molecule has 1 unspecified atom stereocenters. The molecule has 0 radical (unpaired) electrons. The van der Waals surface area contributed by atoms with Crippen LogP contribution >= 0.6 is 15.9 Å². The largest absolute Gasteiger partial charge is 0.478 e. The van der Waals surface area contributed by atoms with Crippen molar-refractivity contribution in [1.82, 2.24) is 0 Å². The molecular weight excluding hydrogens is 298 g/mol. The lowest BCUT2D eigenvalue weighted by atomic mass is 10.0. The minimum atomic E-state index is -1.06. The molecule has 0 aliphatic heterocycles. The fraction of sp³-hybridized carbons (Fsp3) is 0.385. The van der Waals surface area contributed by atoms with Crippen LogP contribution in [0.5, 0.6) is 0 Å². The molecule has 1 amide bonds. The third-order valence-corrected chi connectivity index (χ3v) is 3.40. The van der Waals surface area contributed by atoms with E-state index in [1.807, 2.05) is 13.8 Å². The van der Waals surface area contributed by atoms with Crippen LogP contribution in [-0.2, 0) is 4.79 Å². The predicted octanol–water partition coefficient (Wildman–Crippen LogP) is 3.52. The molecule has 0 fully saturated rings. The van der Waals surface area contributed by atoms with Crippen LogP contribution in [0, 0.1) is 5.92 Å². The Morgan fingerprint density at radius 1 is 1.44 bits per heavy atom. The van der Waals surface area contributed by atoms with Gasteiger partial charge in [-0.1, -0.05) is 26.3 Å². The van der Waals surface area contributed by atoms with Gasteiger partial charge in [0.1, 0.15) is 0 Å². The van der Waals surface area contributed by atoms with E-state index >= 15 is 0 Å². The number of anilines is 1.